The highest BCUT2D eigenvalue weighted by molar-refractivity contribution is 9.10. The summed E-state index contributed by atoms with van der Waals surface area (Å²) in [6.45, 7) is 0. The minimum Gasteiger partial charge on any atom is -0.360 e. The third kappa shape index (κ3) is 2.53. The third-order valence-electron chi connectivity index (χ3n) is 4.13. The number of benzene rings is 1. The number of nitrogens with zero attached hydrogens (tertiary/aromatic N) is 2. The molecule has 0 aliphatic heterocycles. The maximum Gasteiger partial charge on any atom is 0.278 e. The molecule has 3 aromatic rings. The van der Waals surface area contributed by atoms with E-state index in [0.717, 1.165) is 52.4 Å². The molecule has 0 atom stereocenters. The summed E-state index contributed by atoms with van der Waals surface area (Å²) in [5.74, 6) is 0.603. The van der Waals surface area contributed by atoms with Crippen LogP contribution in [0.4, 0.5) is 5.69 Å². The number of hydrogen-bond acceptors (Lipinski definition) is 4. The fourth-order valence-corrected chi connectivity index (χ4v) is 3.44. The van der Waals surface area contributed by atoms with Gasteiger partial charge in [-0.2, -0.15) is 0 Å². The van der Waals surface area contributed by atoms with Gasteiger partial charge in [-0.3, -0.25) is 9.78 Å². The summed E-state index contributed by atoms with van der Waals surface area (Å²) in [4.78, 5) is 17.0. The van der Waals surface area contributed by atoms with Gasteiger partial charge in [-0.25, -0.2) is 0 Å². The number of halogens is 1. The third-order valence-corrected chi connectivity index (χ3v) is 4.82. The van der Waals surface area contributed by atoms with Crippen LogP contribution in [-0.4, -0.2) is 16.0 Å². The van der Waals surface area contributed by atoms with Gasteiger partial charge in [0.15, 0.2) is 5.69 Å². The quantitative estimate of drug-likeness (QED) is 0.735. The second kappa shape index (κ2) is 5.77. The molecule has 0 saturated carbocycles. The molecular weight excluding hydrogens is 358 g/mol. The molecule has 116 valence electrons. The zero-order valence-corrected chi connectivity index (χ0v) is 13.9. The van der Waals surface area contributed by atoms with E-state index in [-0.39, 0.29) is 5.91 Å². The van der Waals surface area contributed by atoms with Crippen molar-refractivity contribution < 1.29 is 9.32 Å². The van der Waals surface area contributed by atoms with E-state index >= 15 is 0 Å². The molecule has 2 heterocycles. The van der Waals surface area contributed by atoms with Crippen molar-refractivity contribution in [3.8, 4) is 0 Å². The first-order valence-electron chi connectivity index (χ1n) is 7.56. The number of rotatable bonds is 2. The van der Waals surface area contributed by atoms with E-state index in [2.05, 4.69) is 31.4 Å². The predicted molar refractivity (Wildman–Crippen MR) is 90.5 cm³/mol. The van der Waals surface area contributed by atoms with E-state index in [0.29, 0.717) is 11.4 Å². The first-order valence-corrected chi connectivity index (χ1v) is 8.35. The van der Waals surface area contributed by atoms with Gasteiger partial charge < -0.3 is 9.84 Å². The Morgan fingerprint density at radius 3 is 3.00 bits per heavy atom. The summed E-state index contributed by atoms with van der Waals surface area (Å²) in [6, 6.07) is 7.56. The van der Waals surface area contributed by atoms with Crippen molar-refractivity contribution >= 4 is 38.4 Å². The molecule has 6 heteroatoms. The topological polar surface area (TPSA) is 68.0 Å². The van der Waals surface area contributed by atoms with E-state index in [1.165, 1.54) is 0 Å². The van der Waals surface area contributed by atoms with Gasteiger partial charge in [0.05, 0.1) is 11.2 Å². The highest BCUT2D eigenvalue weighted by atomic mass is 79.9. The molecular formula is C17H14BrN3O2. The van der Waals surface area contributed by atoms with Crippen LogP contribution >= 0.6 is 15.9 Å². The molecule has 1 aromatic carbocycles. The van der Waals surface area contributed by atoms with Crippen LogP contribution in [0.15, 0.2) is 39.5 Å². The zero-order valence-electron chi connectivity index (χ0n) is 12.3. The molecule has 1 aliphatic rings. The second-order valence-corrected chi connectivity index (χ2v) is 6.44. The summed E-state index contributed by atoms with van der Waals surface area (Å²) < 4.78 is 6.26. The van der Waals surface area contributed by atoms with Gasteiger partial charge in [-0.1, -0.05) is 27.2 Å². The first-order chi connectivity index (χ1) is 11.2. The maximum atomic E-state index is 12.6. The molecule has 1 N–H and O–H groups in total. The van der Waals surface area contributed by atoms with Gasteiger partial charge in [0.1, 0.15) is 5.76 Å². The van der Waals surface area contributed by atoms with Crippen LogP contribution in [0.3, 0.4) is 0 Å². The monoisotopic (exact) mass is 371 g/mol. The summed E-state index contributed by atoms with van der Waals surface area (Å²) in [5, 5.41) is 7.85. The molecule has 1 aliphatic carbocycles. The van der Waals surface area contributed by atoms with Gasteiger partial charge in [0.2, 0.25) is 0 Å². The molecule has 5 nitrogen and oxygen atoms in total. The Morgan fingerprint density at radius 1 is 1.22 bits per heavy atom. The number of hydrogen-bond donors (Lipinski definition) is 1. The molecule has 0 unspecified atom stereocenters. The largest absolute Gasteiger partial charge is 0.360 e. The average Bonchev–Trinajstić information content (AvgIpc) is 3.02. The lowest BCUT2D eigenvalue weighted by Gasteiger charge is -2.10. The molecule has 1 amide bonds. The second-order valence-electron chi connectivity index (χ2n) is 5.59. The molecule has 0 radical (unpaired) electrons. The standard InChI is InChI=1S/C17H14BrN3O2/c18-12-7-8-13(15-10(12)5-3-9-19-15)20-17(22)16-11-4-1-2-6-14(11)23-21-16/h3,5,7-9H,1-2,4,6H2,(H,20,22). The Balaban J connectivity index is 1.70. The van der Waals surface area contributed by atoms with E-state index in [9.17, 15) is 4.79 Å². The van der Waals surface area contributed by atoms with Crippen molar-refractivity contribution in [3.63, 3.8) is 0 Å². The van der Waals surface area contributed by atoms with E-state index in [1.807, 2.05) is 24.3 Å². The molecule has 0 fully saturated rings. The summed E-state index contributed by atoms with van der Waals surface area (Å²) in [6.07, 6.45) is 5.57. The SMILES string of the molecule is O=C(Nc1ccc(Br)c2cccnc12)c1noc2c1CCCC2. The Labute approximate surface area is 141 Å². The van der Waals surface area contributed by atoms with Crippen LogP contribution in [0.1, 0.15) is 34.7 Å². The smallest absolute Gasteiger partial charge is 0.278 e. The number of aromatic nitrogens is 2. The predicted octanol–water partition coefficient (Wildman–Crippen LogP) is 4.12. The van der Waals surface area contributed by atoms with Crippen LogP contribution in [-0.2, 0) is 12.8 Å². The lowest BCUT2D eigenvalue weighted by atomic mass is 9.96. The number of carbonyl (C=O) groups is 1. The number of fused-ring (bicyclic) bond motifs is 2. The van der Waals surface area contributed by atoms with Crippen LogP contribution in [0.2, 0.25) is 0 Å². The lowest BCUT2D eigenvalue weighted by Crippen LogP contribution is -2.16. The summed E-state index contributed by atoms with van der Waals surface area (Å²) >= 11 is 3.51. The molecule has 0 saturated heterocycles. The van der Waals surface area contributed by atoms with E-state index < -0.39 is 0 Å². The van der Waals surface area contributed by atoms with Gasteiger partial charge in [-0.15, -0.1) is 0 Å². The van der Waals surface area contributed by atoms with Gasteiger partial charge in [-0.05, 0) is 37.5 Å². The van der Waals surface area contributed by atoms with Crippen molar-refractivity contribution in [3.05, 3.63) is 52.0 Å². The zero-order chi connectivity index (χ0) is 15.8. The average molecular weight is 372 g/mol. The fraction of sp³-hybridized carbons (Fsp3) is 0.235. The maximum absolute atomic E-state index is 12.6. The summed E-state index contributed by atoms with van der Waals surface area (Å²) in [5.41, 5.74) is 2.75. The number of aryl methyl sites for hydroxylation is 1. The van der Waals surface area contributed by atoms with E-state index in [1.54, 1.807) is 6.20 Å². The van der Waals surface area contributed by atoms with Crippen molar-refractivity contribution in [1.82, 2.24) is 10.1 Å². The van der Waals surface area contributed by atoms with E-state index in [4.69, 9.17) is 4.52 Å². The first kappa shape index (κ1) is 14.4. The molecule has 2 aromatic heterocycles. The number of carbonyl (C=O) groups excluding carboxylic acids is 1. The van der Waals surface area contributed by atoms with Crippen molar-refractivity contribution in [1.29, 1.82) is 0 Å². The number of nitrogens with one attached hydrogen (secondary N) is 1. The lowest BCUT2D eigenvalue weighted by molar-refractivity contribution is 0.101. The van der Waals surface area contributed by atoms with Gasteiger partial charge in [0.25, 0.3) is 5.91 Å². The highest BCUT2D eigenvalue weighted by Crippen LogP contribution is 2.29. The summed E-state index contributed by atoms with van der Waals surface area (Å²) in [7, 11) is 0. The fourth-order valence-electron chi connectivity index (χ4n) is 2.98. The molecule has 4 rings (SSSR count). The normalized spacial score (nSPS) is 13.8. The number of amides is 1. The van der Waals surface area contributed by atoms with Crippen molar-refractivity contribution in [2.24, 2.45) is 0 Å². The molecule has 0 spiro atoms. The van der Waals surface area contributed by atoms with Crippen LogP contribution in [0.5, 0.6) is 0 Å². The van der Waals surface area contributed by atoms with Gasteiger partial charge in [0, 0.05) is 28.0 Å². The van der Waals surface area contributed by atoms with Crippen LogP contribution in [0.25, 0.3) is 10.9 Å². The molecule has 0 bridgehead atoms. The van der Waals surface area contributed by atoms with Crippen molar-refractivity contribution in [2.75, 3.05) is 5.32 Å². The Kier molecular flexibility index (Phi) is 3.61. The van der Waals surface area contributed by atoms with Gasteiger partial charge >= 0.3 is 0 Å². The highest BCUT2D eigenvalue weighted by Gasteiger charge is 2.24. The van der Waals surface area contributed by atoms with Crippen LogP contribution in [0, 0.1) is 0 Å². The molecule has 23 heavy (non-hydrogen) atoms. The number of anilines is 1. The minimum absolute atomic E-state index is 0.244. The minimum atomic E-state index is -0.244. The Morgan fingerprint density at radius 2 is 2.09 bits per heavy atom. The Bertz CT molecular complexity index is 904. The van der Waals surface area contributed by atoms with Crippen molar-refractivity contribution in [2.45, 2.75) is 25.7 Å². The number of pyridine rings is 1. The van der Waals surface area contributed by atoms with Crippen LogP contribution < -0.4 is 5.32 Å². The Hall–Kier alpha value is -2.21.